The molecule has 7 heteroatoms. The lowest BCUT2D eigenvalue weighted by molar-refractivity contribution is -0.384. The molecule has 0 aliphatic carbocycles. The van der Waals surface area contributed by atoms with E-state index in [1.807, 2.05) is 11.8 Å². The van der Waals surface area contributed by atoms with Gasteiger partial charge in [-0.1, -0.05) is 6.92 Å². The number of nitro groups is 1. The zero-order valence-corrected chi connectivity index (χ0v) is 11.6. The first kappa shape index (κ1) is 14.5. The Morgan fingerprint density at radius 2 is 2.30 bits per heavy atom. The van der Waals surface area contributed by atoms with E-state index < -0.39 is 10.7 Å². The second-order valence-corrected chi connectivity index (χ2v) is 5.42. The highest BCUT2D eigenvalue weighted by molar-refractivity contribution is 5.67. The predicted octanol–water partition coefficient (Wildman–Crippen LogP) is 1.92. The van der Waals surface area contributed by atoms with Gasteiger partial charge in [-0.25, -0.2) is 4.39 Å². The predicted molar refractivity (Wildman–Crippen MR) is 73.6 cm³/mol. The quantitative estimate of drug-likeness (QED) is 0.674. The van der Waals surface area contributed by atoms with Gasteiger partial charge in [0.25, 0.3) is 5.69 Å². The smallest absolute Gasteiger partial charge is 0.295 e. The van der Waals surface area contributed by atoms with E-state index in [1.165, 1.54) is 13.2 Å². The topological polar surface area (TPSA) is 81.6 Å². The van der Waals surface area contributed by atoms with Crippen LogP contribution in [0.4, 0.5) is 15.8 Å². The second kappa shape index (κ2) is 5.24. The Morgan fingerprint density at radius 3 is 2.80 bits per heavy atom. The van der Waals surface area contributed by atoms with Gasteiger partial charge in [-0.3, -0.25) is 10.1 Å². The fraction of sp³-hybridized carbons (Fsp3) is 0.538. The van der Waals surface area contributed by atoms with Crippen LogP contribution in [0, 0.1) is 21.3 Å². The average molecular weight is 283 g/mol. The van der Waals surface area contributed by atoms with Gasteiger partial charge >= 0.3 is 0 Å². The molecule has 20 heavy (non-hydrogen) atoms. The Bertz CT molecular complexity index is 538. The summed E-state index contributed by atoms with van der Waals surface area (Å²) in [5, 5.41) is 11.1. The van der Waals surface area contributed by atoms with E-state index in [0.717, 1.165) is 12.5 Å². The van der Waals surface area contributed by atoms with Crippen molar-refractivity contribution in [1.82, 2.24) is 0 Å². The highest BCUT2D eigenvalue weighted by atomic mass is 19.1. The molecule has 1 saturated heterocycles. The van der Waals surface area contributed by atoms with Crippen LogP contribution < -0.4 is 15.4 Å². The minimum Gasteiger partial charge on any atom is -0.494 e. The molecule has 1 fully saturated rings. The molecule has 1 aliphatic rings. The molecule has 0 radical (unpaired) electrons. The van der Waals surface area contributed by atoms with Crippen molar-refractivity contribution in [2.75, 3.05) is 31.6 Å². The number of nitro benzene ring substituents is 1. The number of methoxy groups -OCH3 is 1. The van der Waals surface area contributed by atoms with Crippen LogP contribution in [0.2, 0.25) is 0 Å². The van der Waals surface area contributed by atoms with Gasteiger partial charge in [0.2, 0.25) is 0 Å². The number of halogens is 1. The summed E-state index contributed by atoms with van der Waals surface area (Å²) < 4.78 is 18.5. The lowest BCUT2D eigenvalue weighted by atomic mass is 9.90. The summed E-state index contributed by atoms with van der Waals surface area (Å²) in [5.41, 5.74) is 5.80. The molecule has 1 unspecified atom stereocenters. The fourth-order valence-electron chi connectivity index (χ4n) is 2.48. The molecular weight excluding hydrogens is 265 g/mol. The van der Waals surface area contributed by atoms with E-state index in [2.05, 4.69) is 0 Å². The summed E-state index contributed by atoms with van der Waals surface area (Å²) in [4.78, 5) is 12.4. The van der Waals surface area contributed by atoms with Crippen LogP contribution in [0.3, 0.4) is 0 Å². The number of anilines is 1. The van der Waals surface area contributed by atoms with Gasteiger partial charge in [-0.2, -0.15) is 0 Å². The Morgan fingerprint density at radius 1 is 1.60 bits per heavy atom. The van der Waals surface area contributed by atoms with Crippen LogP contribution in [0.25, 0.3) is 0 Å². The molecule has 1 heterocycles. The van der Waals surface area contributed by atoms with Gasteiger partial charge in [-0.15, -0.1) is 0 Å². The van der Waals surface area contributed by atoms with Crippen molar-refractivity contribution in [2.24, 2.45) is 11.1 Å². The monoisotopic (exact) mass is 283 g/mol. The second-order valence-electron chi connectivity index (χ2n) is 5.42. The average Bonchev–Trinajstić information content (AvgIpc) is 2.81. The van der Waals surface area contributed by atoms with E-state index in [4.69, 9.17) is 10.5 Å². The molecule has 1 atom stereocenters. The first-order chi connectivity index (χ1) is 9.40. The Balaban J connectivity index is 2.42. The fourth-order valence-corrected chi connectivity index (χ4v) is 2.48. The maximum Gasteiger partial charge on any atom is 0.295 e. The minimum atomic E-state index is -0.733. The first-order valence-corrected chi connectivity index (χ1v) is 6.37. The standard InChI is InChI=1S/C13H18FN3O3/c1-13(7-15)3-4-16(8-13)10-6-12(20-2)9(14)5-11(10)17(18)19/h5-6H,3-4,7-8,15H2,1-2H3. The third-order valence-corrected chi connectivity index (χ3v) is 3.84. The third-order valence-electron chi connectivity index (χ3n) is 3.84. The van der Waals surface area contributed by atoms with Gasteiger partial charge in [0.05, 0.1) is 18.1 Å². The Labute approximate surface area is 116 Å². The molecule has 1 aromatic rings. The maximum absolute atomic E-state index is 13.6. The van der Waals surface area contributed by atoms with Crippen LogP contribution in [0.15, 0.2) is 12.1 Å². The van der Waals surface area contributed by atoms with E-state index in [9.17, 15) is 14.5 Å². The van der Waals surface area contributed by atoms with Crippen molar-refractivity contribution < 1.29 is 14.1 Å². The first-order valence-electron chi connectivity index (χ1n) is 6.37. The van der Waals surface area contributed by atoms with Crippen molar-refractivity contribution in [1.29, 1.82) is 0 Å². The molecule has 0 amide bonds. The molecule has 1 aromatic carbocycles. The summed E-state index contributed by atoms with van der Waals surface area (Å²) in [6.45, 7) is 3.82. The molecule has 0 aromatic heterocycles. The van der Waals surface area contributed by atoms with Crippen molar-refractivity contribution in [3.05, 3.63) is 28.1 Å². The van der Waals surface area contributed by atoms with Gasteiger partial charge in [0.15, 0.2) is 11.6 Å². The molecular formula is C13H18FN3O3. The van der Waals surface area contributed by atoms with E-state index in [0.29, 0.717) is 25.3 Å². The van der Waals surface area contributed by atoms with Crippen molar-refractivity contribution in [3.63, 3.8) is 0 Å². The molecule has 0 saturated carbocycles. The number of nitrogens with two attached hydrogens (primary N) is 1. The molecule has 1 aliphatic heterocycles. The number of rotatable bonds is 4. The van der Waals surface area contributed by atoms with E-state index in [1.54, 1.807) is 0 Å². The Kier molecular flexibility index (Phi) is 3.80. The van der Waals surface area contributed by atoms with E-state index >= 15 is 0 Å². The van der Waals surface area contributed by atoms with Crippen LogP contribution in [0.5, 0.6) is 5.75 Å². The van der Waals surface area contributed by atoms with Crippen LogP contribution in [-0.2, 0) is 0 Å². The zero-order chi connectivity index (χ0) is 14.9. The van der Waals surface area contributed by atoms with Crippen molar-refractivity contribution in [2.45, 2.75) is 13.3 Å². The number of hydrogen-bond donors (Lipinski definition) is 1. The highest BCUT2D eigenvalue weighted by Crippen LogP contribution is 2.39. The molecule has 110 valence electrons. The summed E-state index contributed by atoms with van der Waals surface area (Å²) >= 11 is 0. The maximum atomic E-state index is 13.6. The molecule has 0 bridgehead atoms. The number of nitrogens with zero attached hydrogens (tertiary/aromatic N) is 2. The lowest BCUT2D eigenvalue weighted by Crippen LogP contribution is -2.31. The number of hydrogen-bond acceptors (Lipinski definition) is 5. The SMILES string of the molecule is COc1cc(N2CCC(C)(CN)C2)c([N+](=O)[O-])cc1F. The molecule has 0 spiro atoms. The molecule has 6 nitrogen and oxygen atoms in total. The molecule has 2 rings (SSSR count). The van der Waals surface area contributed by atoms with Crippen LogP contribution >= 0.6 is 0 Å². The Hall–Kier alpha value is -1.89. The lowest BCUT2D eigenvalue weighted by Gasteiger charge is -2.24. The molecule has 2 N–H and O–H groups in total. The van der Waals surface area contributed by atoms with Crippen LogP contribution in [0.1, 0.15) is 13.3 Å². The zero-order valence-electron chi connectivity index (χ0n) is 11.6. The van der Waals surface area contributed by atoms with Gasteiger partial charge in [-0.05, 0) is 18.4 Å². The van der Waals surface area contributed by atoms with Gasteiger partial charge in [0.1, 0.15) is 5.69 Å². The summed E-state index contributed by atoms with van der Waals surface area (Å²) in [7, 11) is 1.34. The van der Waals surface area contributed by atoms with Crippen molar-refractivity contribution in [3.8, 4) is 5.75 Å². The normalized spacial score (nSPS) is 22.1. The summed E-state index contributed by atoms with van der Waals surface area (Å²) in [6.07, 6.45) is 0.848. The van der Waals surface area contributed by atoms with Gasteiger partial charge < -0.3 is 15.4 Å². The largest absolute Gasteiger partial charge is 0.494 e. The summed E-state index contributed by atoms with van der Waals surface area (Å²) in [6, 6.07) is 2.29. The third kappa shape index (κ3) is 2.53. The van der Waals surface area contributed by atoms with Crippen molar-refractivity contribution >= 4 is 11.4 Å². The minimum absolute atomic E-state index is 0.00644. The van der Waals surface area contributed by atoms with E-state index in [-0.39, 0.29) is 16.9 Å². The van der Waals surface area contributed by atoms with Gasteiger partial charge in [0, 0.05) is 19.2 Å². The summed E-state index contributed by atoms with van der Waals surface area (Å²) in [5.74, 6) is -0.726. The van der Waals surface area contributed by atoms with Crippen LogP contribution in [-0.4, -0.2) is 31.7 Å². The number of ether oxygens (including phenoxy) is 1. The highest BCUT2D eigenvalue weighted by Gasteiger charge is 2.35. The number of benzene rings is 1.